The van der Waals surface area contributed by atoms with Gasteiger partial charge in [-0.1, -0.05) is 13.8 Å². The zero-order valence-electron chi connectivity index (χ0n) is 6.43. The van der Waals surface area contributed by atoms with Crippen molar-refractivity contribution in [2.24, 2.45) is 23.5 Å². The molecular formula is C8H17N. The Labute approximate surface area is 57.6 Å². The lowest BCUT2D eigenvalue weighted by Crippen LogP contribution is -2.16. The minimum Gasteiger partial charge on any atom is -0.330 e. The Morgan fingerprint density at radius 2 is 2.00 bits per heavy atom. The molecule has 0 spiro atoms. The highest BCUT2D eigenvalue weighted by molar-refractivity contribution is 4.78. The van der Waals surface area contributed by atoms with Crippen LogP contribution in [-0.2, 0) is 0 Å². The third-order valence-electron chi connectivity index (χ3n) is 2.59. The first-order valence-electron chi connectivity index (χ1n) is 3.94. The predicted octanol–water partition coefficient (Wildman–Crippen LogP) is 1.63. The van der Waals surface area contributed by atoms with Gasteiger partial charge in [0.25, 0.3) is 0 Å². The second kappa shape index (κ2) is 2.70. The van der Waals surface area contributed by atoms with E-state index in [9.17, 15) is 0 Å². The third-order valence-corrected chi connectivity index (χ3v) is 2.59. The van der Waals surface area contributed by atoms with Crippen LogP contribution in [0.1, 0.15) is 26.7 Å². The maximum Gasteiger partial charge on any atom is -0.00462 e. The average molecular weight is 127 g/mol. The topological polar surface area (TPSA) is 26.0 Å². The maximum atomic E-state index is 5.59. The van der Waals surface area contributed by atoms with Crippen molar-refractivity contribution in [2.45, 2.75) is 26.7 Å². The van der Waals surface area contributed by atoms with Crippen LogP contribution >= 0.6 is 0 Å². The summed E-state index contributed by atoms with van der Waals surface area (Å²) in [7, 11) is 0. The van der Waals surface area contributed by atoms with Gasteiger partial charge in [-0.25, -0.2) is 0 Å². The molecule has 1 rings (SSSR count). The molecule has 1 heteroatoms. The van der Waals surface area contributed by atoms with Crippen molar-refractivity contribution in [2.75, 3.05) is 6.54 Å². The van der Waals surface area contributed by atoms with Crippen LogP contribution in [0.4, 0.5) is 0 Å². The van der Waals surface area contributed by atoms with Gasteiger partial charge in [-0.05, 0) is 37.1 Å². The van der Waals surface area contributed by atoms with E-state index in [-0.39, 0.29) is 0 Å². The van der Waals surface area contributed by atoms with E-state index >= 15 is 0 Å². The minimum atomic E-state index is 0.819. The van der Waals surface area contributed by atoms with Crippen molar-refractivity contribution < 1.29 is 0 Å². The SMILES string of the molecule is CC1CC(C)C(CN)C1. The van der Waals surface area contributed by atoms with Gasteiger partial charge in [0.15, 0.2) is 0 Å². The van der Waals surface area contributed by atoms with E-state index in [1.165, 1.54) is 12.8 Å². The molecule has 0 amide bonds. The first kappa shape index (κ1) is 7.07. The number of rotatable bonds is 1. The molecule has 1 aliphatic carbocycles. The van der Waals surface area contributed by atoms with Crippen LogP contribution in [-0.4, -0.2) is 6.54 Å². The van der Waals surface area contributed by atoms with Crippen molar-refractivity contribution in [1.82, 2.24) is 0 Å². The Kier molecular flexibility index (Phi) is 2.12. The molecule has 0 radical (unpaired) electrons. The van der Waals surface area contributed by atoms with E-state index in [0.717, 1.165) is 24.3 Å². The number of nitrogens with two attached hydrogens (primary N) is 1. The molecule has 0 saturated heterocycles. The van der Waals surface area contributed by atoms with Gasteiger partial charge in [-0.3, -0.25) is 0 Å². The number of hydrogen-bond acceptors (Lipinski definition) is 1. The van der Waals surface area contributed by atoms with Crippen LogP contribution < -0.4 is 5.73 Å². The molecule has 2 N–H and O–H groups in total. The van der Waals surface area contributed by atoms with Gasteiger partial charge in [0.2, 0.25) is 0 Å². The second-order valence-corrected chi connectivity index (χ2v) is 3.55. The molecule has 0 aromatic heterocycles. The predicted molar refractivity (Wildman–Crippen MR) is 40.1 cm³/mol. The Morgan fingerprint density at radius 1 is 1.33 bits per heavy atom. The molecule has 9 heavy (non-hydrogen) atoms. The maximum absolute atomic E-state index is 5.59. The van der Waals surface area contributed by atoms with E-state index in [1.807, 2.05) is 0 Å². The quantitative estimate of drug-likeness (QED) is 0.569. The molecule has 1 saturated carbocycles. The van der Waals surface area contributed by atoms with Gasteiger partial charge in [-0.2, -0.15) is 0 Å². The van der Waals surface area contributed by atoms with Gasteiger partial charge < -0.3 is 5.73 Å². The van der Waals surface area contributed by atoms with E-state index in [0.29, 0.717) is 0 Å². The standard InChI is InChI=1S/C8H17N/c1-6-3-7(2)8(4-6)5-9/h6-8H,3-5,9H2,1-2H3. The van der Waals surface area contributed by atoms with Crippen molar-refractivity contribution in [3.05, 3.63) is 0 Å². The molecule has 1 aliphatic rings. The fraction of sp³-hybridized carbons (Fsp3) is 1.00. The summed E-state index contributed by atoms with van der Waals surface area (Å²) in [4.78, 5) is 0. The molecule has 3 atom stereocenters. The highest BCUT2D eigenvalue weighted by Crippen LogP contribution is 2.34. The summed E-state index contributed by atoms with van der Waals surface area (Å²) in [5.74, 6) is 2.62. The molecule has 54 valence electrons. The van der Waals surface area contributed by atoms with E-state index in [4.69, 9.17) is 5.73 Å². The summed E-state index contributed by atoms with van der Waals surface area (Å²) in [6.07, 6.45) is 2.75. The molecule has 0 aromatic carbocycles. The summed E-state index contributed by atoms with van der Waals surface area (Å²) in [6, 6.07) is 0. The smallest absolute Gasteiger partial charge is 0.00462 e. The van der Waals surface area contributed by atoms with Crippen LogP contribution in [0.2, 0.25) is 0 Å². The molecule has 1 fully saturated rings. The van der Waals surface area contributed by atoms with E-state index < -0.39 is 0 Å². The molecule has 0 heterocycles. The van der Waals surface area contributed by atoms with Gasteiger partial charge in [0, 0.05) is 0 Å². The summed E-state index contributed by atoms with van der Waals surface area (Å²) in [5, 5.41) is 0. The van der Waals surface area contributed by atoms with Crippen molar-refractivity contribution >= 4 is 0 Å². The lowest BCUT2D eigenvalue weighted by Gasteiger charge is -2.10. The zero-order valence-corrected chi connectivity index (χ0v) is 6.43. The monoisotopic (exact) mass is 127 g/mol. The van der Waals surface area contributed by atoms with Crippen LogP contribution in [0.5, 0.6) is 0 Å². The van der Waals surface area contributed by atoms with Gasteiger partial charge in [0.05, 0.1) is 0 Å². The van der Waals surface area contributed by atoms with E-state index in [1.54, 1.807) is 0 Å². The minimum absolute atomic E-state index is 0.819. The van der Waals surface area contributed by atoms with Gasteiger partial charge in [0.1, 0.15) is 0 Å². The normalized spacial score (nSPS) is 43.7. The molecule has 0 bridgehead atoms. The van der Waals surface area contributed by atoms with Gasteiger partial charge in [-0.15, -0.1) is 0 Å². The average Bonchev–Trinajstić information content (AvgIpc) is 2.10. The van der Waals surface area contributed by atoms with E-state index in [2.05, 4.69) is 13.8 Å². The molecule has 1 nitrogen and oxygen atoms in total. The Bertz CT molecular complexity index is 90.6. The van der Waals surface area contributed by atoms with Crippen LogP contribution in [0.3, 0.4) is 0 Å². The Balaban J connectivity index is 2.38. The zero-order chi connectivity index (χ0) is 6.85. The highest BCUT2D eigenvalue weighted by Gasteiger charge is 2.26. The first-order chi connectivity index (χ1) is 4.24. The fourth-order valence-corrected chi connectivity index (χ4v) is 2.00. The molecule has 3 unspecified atom stereocenters. The lowest BCUT2D eigenvalue weighted by molar-refractivity contribution is 0.429. The van der Waals surface area contributed by atoms with Crippen molar-refractivity contribution in [1.29, 1.82) is 0 Å². The largest absolute Gasteiger partial charge is 0.330 e. The Hall–Kier alpha value is -0.0400. The highest BCUT2D eigenvalue weighted by atomic mass is 14.6. The summed E-state index contributed by atoms with van der Waals surface area (Å²) in [5.41, 5.74) is 5.59. The van der Waals surface area contributed by atoms with Crippen molar-refractivity contribution in [3.63, 3.8) is 0 Å². The summed E-state index contributed by atoms with van der Waals surface area (Å²) >= 11 is 0. The summed E-state index contributed by atoms with van der Waals surface area (Å²) < 4.78 is 0. The Morgan fingerprint density at radius 3 is 2.22 bits per heavy atom. The summed E-state index contributed by atoms with van der Waals surface area (Å²) in [6.45, 7) is 5.54. The lowest BCUT2D eigenvalue weighted by atomic mass is 9.99. The fourth-order valence-electron chi connectivity index (χ4n) is 2.00. The van der Waals surface area contributed by atoms with Crippen molar-refractivity contribution in [3.8, 4) is 0 Å². The number of hydrogen-bond donors (Lipinski definition) is 1. The molecule has 0 aliphatic heterocycles. The van der Waals surface area contributed by atoms with Crippen LogP contribution in [0, 0.1) is 17.8 Å². The van der Waals surface area contributed by atoms with Crippen LogP contribution in [0.25, 0.3) is 0 Å². The molecule has 0 aromatic rings. The van der Waals surface area contributed by atoms with Gasteiger partial charge >= 0.3 is 0 Å². The third kappa shape index (κ3) is 1.45. The van der Waals surface area contributed by atoms with Crippen LogP contribution in [0.15, 0.2) is 0 Å². The second-order valence-electron chi connectivity index (χ2n) is 3.55. The molecular weight excluding hydrogens is 110 g/mol. The first-order valence-corrected chi connectivity index (χ1v) is 3.94.